The summed E-state index contributed by atoms with van der Waals surface area (Å²) >= 11 is 6.51. The first-order valence-electron chi connectivity index (χ1n) is 10.3. The molecule has 0 radical (unpaired) electrons. The Morgan fingerprint density at radius 3 is 2.11 bits per heavy atom. The molecule has 0 saturated carbocycles. The third-order valence-corrected chi connectivity index (χ3v) is 6.26. The molecule has 0 spiro atoms. The minimum atomic E-state index is -0.567. The molecule has 0 aliphatic rings. The Hall–Kier alpha value is -1.82. The zero-order valence-corrected chi connectivity index (χ0v) is 18.6. The van der Waals surface area contributed by atoms with Gasteiger partial charge in [0.1, 0.15) is 0 Å². The average Bonchev–Trinajstić information content (AvgIpc) is 2.68. The summed E-state index contributed by atoms with van der Waals surface area (Å²) in [6.07, 6.45) is 1.74. The molecule has 28 heavy (non-hydrogen) atoms. The summed E-state index contributed by atoms with van der Waals surface area (Å²) < 4.78 is 0. The summed E-state index contributed by atoms with van der Waals surface area (Å²) in [5.74, 6) is 0.186. The van der Waals surface area contributed by atoms with E-state index in [0.717, 1.165) is 24.9 Å². The third-order valence-electron chi connectivity index (χ3n) is 5.93. The van der Waals surface area contributed by atoms with Crippen molar-refractivity contribution in [1.82, 2.24) is 4.90 Å². The van der Waals surface area contributed by atoms with E-state index in [2.05, 4.69) is 75.9 Å². The molecule has 0 aliphatic heterocycles. The van der Waals surface area contributed by atoms with Gasteiger partial charge in [-0.2, -0.15) is 5.26 Å². The minimum absolute atomic E-state index is 0.186. The second-order valence-corrected chi connectivity index (χ2v) is 8.76. The van der Waals surface area contributed by atoms with Crippen LogP contribution in [-0.2, 0) is 12.0 Å². The lowest BCUT2D eigenvalue weighted by Gasteiger charge is -2.37. The highest BCUT2D eigenvalue weighted by atomic mass is 35.5. The topological polar surface area (TPSA) is 27.0 Å². The Morgan fingerprint density at radius 2 is 1.57 bits per heavy atom. The van der Waals surface area contributed by atoms with Crippen LogP contribution < -0.4 is 0 Å². The Kier molecular flexibility index (Phi) is 8.10. The maximum atomic E-state index is 10.2. The number of benzene rings is 2. The fraction of sp³-hybridized carbons (Fsp3) is 0.480. The van der Waals surface area contributed by atoms with Gasteiger partial charge in [0.25, 0.3) is 0 Å². The molecule has 3 heteroatoms. The molecule has 0 fully saturated rings. The summed E-state index contributed by atoms with van der Waals surface area (Å²) in [6.45, 7) is 11.9. The first-order chi connectivity index (χ1) is 13.3. The molecule has 0 heterocycles. The molecule has 0 saturated heterocycles. The molecule has 2 unspecified atom stereocenters. The zero-order chi connectivity index (χ0) is 20.7. The van der Waals surface area contributed by atoms with Crippen molar-refractivity contribution < 1.29 is 0 Å². The second-order valence-electron chi connectivity index (χ2n) is 8.36. The zero-order valence-electron chi connectivity index (χ0n) is 17.8. The molecule has 0 bridgehead atoms. The highest BCUT2D eigenvalue weighted by molar-refractivity contribution is 6.31. The molecule has 2 nitrogen and oxygen atoms in total. The maximum Gasteiger partial charge on any atom is 0.0860 e. The van der Waals surface area contributed by atoms with Crippen LogP contribution in [0.2, 0.25) is 5.02 Å². The first kappa shape index (κ1) is 22.5. The highest BCUT2D eigenvalue weighted by Crippen LogP contribution is 2.40. The van der Waals surface area contributed by atoms with Crippen molar-refractivity contribution in [2.24, 2.45) is 5.92 Å². The Morgan fingerprint density at radius 1 is 0.964 bits per heavy atom. The minimum Gasteiger partial charge on any atom is -0.294 e. The van der Waals surface area contributed by atoms with Gasteiger partial charge in [-0.3, -0.25) is 4.90 Å². The molecule has 2 rings (SSSR count). The molecule has 2 aromatic carbocycles. The van der Waals surface area contributed by atoms with Crippen LogP contribution in [0.15, 0.2) is 54.6 Å². The van der Waals surface area contributed by atoms with Crippen molar-refractivity contribution in [3.05, 3.63) is 70.7 Å². The van der Waals surface area contributed by atoms with E-state index in [0.29, 0.717) is 17.1 Å². The molecule has 150 valence electrons. The van der Waals surface area contributed by atoms with E-state index in [1.807, 2.05) is 24.3 Å². The Labute approximate surface area is 176 Å². The van der Waals surface area contributed by atoms with Gasteiger partial charge in [-0.15, -0.1) is 0 Å². The van der Waals surface area contributed by atoms with E-state index < -0.39 is 5.41 Å². The molecular formula is C25H33ClN2. The number of halogens is 1. The number of hydrogen-bond donors (Lipinski definition) is 0. The van der Waals surface area contributed by atoms with Gasteiger partial charge in [-0.1, -0.05) is 74.0 Å². The van der Waals surface area contributed by atoms with Gasteiger partial charge in [0, 0.05) is 23.7 Å². The van der Waals surface area contributed by atoms with Crippen LogP contribution in [0.1, 0.15) is 58.6 Å². The number of nitrogens with zero attached hydrogens (tertiary/aromatic N) is 2. The molecule has 2 aromatic rings. The van der Waals surface area contributed by atoms with Gasteiger partial charge in [0.2, 0.25) is 0 Å². The molecule has 0 amide bonds. The van der Waals surface area contributed by atoms with Gasteiger partial charge >= 0.3 is 0 Å². The quantitative estimate of drug-likeness (QED) is 0.464. The molecular weight excluding hydrogens is 364 g/mol. The largest absolute Gasteiger partial charge is 0.294 e. The van der Waals surface area contributed by atoms with E-state index in [4.69, 9.17) is 11.6 Å². The van der Waals surface area contributed by atoms with Crippen molar-refractivity contribution in [2.45, 2.75) is 71.5 Å². The predicted molar refractivity (Wildman–Crippen MR) is 119 cm³/mol. The Balaban J connectivity index is 2.21. The normalized spacial score (nSPS) is 14.9. The average molecular weight is 397 g/mol. The van der Waals surface area contributed by atoms with Crippen LogP contribution in [0.4, 0.5) is 0 Å². The van der Waals surface area contributed by atoms with Crippen LogP contribution >= 0.6 is 11.6 Å². The third kappa shape index (κ3) is 5.16. The number of hydrogen-bond acceptors (Lipinski definition) is 2. The smallest absolute Gasteiger partial charge is 0.0860 e. The molecule has 0 aromatic heterocycles. The van der Waals surface area contributed by atoms with Gasteiger partial charge in [0.15, 0.2) is 0 Å². The van der Waals surface area contributed by atoms with E-state index in [9.17, 15) is 5.26 Å². The van der Waals surface area contributed by atoms with E-state index in [1.54, 1.807) is 0 Å². The van der Waals surface area contributed by atoms with Crippen molar-refractivity contribution in [2.75, 3.05) is 0 Å². The van der Waals surface area contributed by atoms with Crippen molar-refractivity contribution in [3.63, 3.8) is 0 Å². The van der Waals surface area contributed by atoms with Gasteiger partial charge in [0.05, 0.1) is 11.5 Å². The van der Waals surface area contributed by atoms with Crippen LogP contribution in [0, 0.1) is 17.2 Å². The lowest BCUT2D eigenvalue weighted by molar-refractivity contribution is 0.138. The predicted octanol–water partition coefficient (Wildman–Crippen LogP) is 6.84. The lowest BCUT2D eigenvalue weighted by atomic mass is 9.69. The van der Waals surface area contributed by atoms with Crippen LogP contribution in [0.3, 0.4) is 0 Å². The lowest BCUT2D eigenvalue weighted by Crippen LogP contribution is -2.40. The second kappa shape index (κ2) is 10.1. The maximum absolute atomic E-state index is 10.2. The molecule has 2 atom stereocenters. The van der Waals surface area contributed by atoms with Crippen molar-refractivity contribution >= 4 is 11.6 Å². The van der Waals surface area contributed by atoms with Crippen molar-refractivity contribution in [3.8, 4) is 6.07 Å². The van der Waals surface area contributed by atoms with Crippen molar-refractivity contribution in [1.29, 1.82) is 5.26 Å². The summed E-state index contributed by atoms with van der Waals surface area (Å²) in [6, 6.07) is 21.9. The highest BCUT2D eigenvalue weighted by Gasteiger charge is 2.38. The van der Waals surface area contributed by atoms with E-state index in [1.165, 1.54) is 5.56 Å². The van der Waals surface area contributed by atoms with Crippen LogP contribution in [-0.4, -0.2) is 17.0 Å². The van der Waals surface area contributed by atoms with Crippen LogP contribution in [0.25, 0.3) is 0 Å². The van der Waals surface area contributed by atoms with E-state index >= 15 is 0 Å². The number of nitriles is 1. The van der Waals surface area contributed by atoms with Crippen LogP contribution in [0.5, 0.6) is 0 Å². The van der Waals surface area contributed by atoms with Gasteiger partial charge < -0.3 is 0 Å². The summed E-state index contributed by atoms with van der Waals surface area (Å²) in [7, 11) is 0. The number of rotatable bonds is 9. The van der Waals surface area contributed by atoms with Gasteiger partial charge in [-0.05, 0) is 56.7 Å². The Bertz CT molecular complexity index is 779. The first-order valence-corrected chi connectivity index (χ1v) is 10.7. The summed E-state index contributed by atoms with van der Waals surface area (Å²) in [5.41, 5.74) is 1.72. The fourth-order valence-electron chi connectivity index (χ4n) is 4.05. The summed E-state index contributed by atoms with van der Waals surface area (Å²) in [5, 5.41) is 10.9. The van der Waals surface area contributed by atoms with Gasteiger partial charge in [-0.25, -0.2) is 0 Å². The molecule has 0 aliphatic carbocycles. The SMILES string of the molecule is CC(C)N(Cc1ccccc1)C(C)CCC(C#N)(c1ccccc1Cl)C(C)C. The van der Waals surface area contributed by atoms with E-state index in [-0.39, 0.29) is 5.92 Å². The molecule has 0 N–H and O–H groups in total. The fourth-order valence-corrected chi connectivity index (χ4v) is 4.35. The monoisotopic (exact) mass is 396 g/mol. The summed E-state index contributed by atoms with van der Waals surface area (Å²) in [4.78, 5) is 2.52. The standard InChI is InChI=1S/C25H33ClN2/c1-19(2)25(18-27,23-13-9-10-14-24(23)26)16-15-21(5)28(20(3)4)17-22-11-7-6-8-12-22/h6-14,19-21H,15-17H2,1-5H3.